The van der Waals surface area contributed by atoms with E-state index in [1.165, 1.54) is 0 Å². The van der Waals surface area contributed by atoms with Crippen molar-refractivity contribution in [3.63, 3.8) is 0 Å². The van der Waals surface area contributed by atoms with E-state index < -0.39 is 0 Å². The van der Waals surface area contributed by atoms with Crippen LogP contribution in [0.2, 0.25) is 0 Å². The molecule has 1 aliphatic heterocycles. The summed E-state index contributed by atoms with van der Waals surface area (Å²) in [6.45, 7) is 4.40. The van der Waals surface area contributed by atoms with Crippen LogP contribution in [0.5, 0.6) is 0 Å². The second-order valence-electron chi connectivity index (χ2n) is 5.39. The molecule has 0 saturated carbocycles. The fourth-order valence-electron chi connectivity index (χ4n) is 2.81. The molecule has 1 amide bonds. The molecule has 0 radical (unpaired) electrons. The van der Waals surface area contributed by atoms with Crippen molar-refractivity contribution in [1.29, 1.82) is 0 Å². The van der Waals surface area contributed by atoms with E-state index in [1.54, 1.807) is 32.6 Å². The Kier molecular flexibility index (Phi) is 3.79. The van der Waals surface area contributed by atoms with Crippen molar-refractivity contribution in [2.45, 2.75) is 20.0 Å². The molecule has 3 rings (SSSR count). The highest BCUT2D eigenvalue weighted by Crippen LogP contribution is 2.20. The summed E-state index contributed by atoms with van der Waals surface area (Å²) in [4.78, 5) is 18.9. The number of hydrogen-bond donors (Lipinski definition) is 0. The molecule has 0 aliphatic carbocycles. The SMILES string of the molecule is COC[C@H]1CN(C(=O)c2ccoc2C)Cc2nccn2C1. The highest BCUT2D eigenvalue weighted by molar-refractivity contribution is 5.95. The number of amides is 1. The van der Waals surface area contributed by atoms with Crippen molar-refractivity contribution in [3.8, 4) is 0 Å². The fourth-order valence-corrected chi connectivity index (χ4v) is 2.81. The van der Waals surface area contributed by atoms with Crippen LogP contribution >= 0.6 is 0 Å². The summed E-state index contributed by atoms with van der Waals surface area (Å²) in [6.07, 6.45) is 5.28. The number of imidazole rings is 1. The highest BCUT2D eigenvalue weighted by Gasteiger charge is 2.27. The first-order valence-electron chi connectivity index (χ1n) is 7.01. The van der Waals surface area contributed by atoms with Crippen LogP contribution < -0.4 is 0 Å². The molecule has 2 aromatic heterocycles. The second kappa shape index (κ2) is 5.73. The molecule has 6 heteroatoms. The summed E-state index contributed by atoms with van der Waals surface area (Å²) in [5.41, 5.74) is 0.617. The number of carbonyl (C=O) groups is 1. The largest absolute Gasteiger partial charge is 0.469 e. The molecule has 0 spiro atoms. The zero-order chi connectivity index (χ0) is 14.8. The number of nitrogens with zero attached hydrogens (tertiary/aromatic N) is 3. The normalized spacial score (nSPS) is 18.4. The third-order valence-corrected chi connectivity index (χ3v) is 3.85. The van der Waals surface area contributed by atoms with Gasteiger partial charge in [-0.05, 0) is 13.0 Å². The maximum absolute atomic E-state index is 12.7. The van der Waals surface area contributed by atoms with Gasteiger partial charge in [0.25, 0.3) is 5.91 Å². The summed E-state index contributed by atoms with van der Waals surface area (Å²) in [5, 5.41) is 0. The molecule has 0 N–H and O–H groups in total. The average Bonchev–Trinajstić information content (AvgIpc) is 3.03. The van der Waals surface area contributed by atoms with Crippen molar-refractivity contribution >= 4 is 5.91 Å². The van der Waals surface area contributed by atoms with Gasteiger partial charge in [0.1, 0.15) is 11.6 Å². The Balaban J connectivity index is 1.87. The van der Waals surface area contributed by atoms with Crippen molar-refractivity contribution in [2.75, 3.05) is 20.3 Å². The monoisotopic (exact) mass is 289 g/mol. The van der Waals surface area contributed by atoms with Gasteiger partial charge in [0, 0.05) is 38.5 Å². The summed E-state index contributed by atoms with van der Waals surface area (Å²) in [5.74, 6) is 1.79. The maximum atomic E-state index is 12.7. The summed E-state index contributed by atoms with van der Waals surface area (Å²) in [6, 6.07) is 1.72. The van der Waals surface area contributed by atoms with Gasteiger partial charge in [-0.25, -0.2) is 4.98 Å². The lowest BCUT2D eigenvalue weighted by Crippen LogP contribution is -2.35. The van der Waals surface area contributed by atoms with E-state index in [0.717, 1.165) is 12.4 Å². The minimum Gasteiger partial charge on any atom is -0.469 e. The van der Waals surface area contributed by atoms with Crippen LogP contribution in [-0.2, 0) is 17.8 Å². The molecule has 3 heterocycles. The van der Waals surface area contributed by atoms with Crippen molar-refractivity contribution in [2.24, 2.45) is 5.92 Å². The first-order chi connectivity index (χ1) is 10.2. The van der Waals surface area contributed by atoms with Crippen LogP contribution in [0.15, 0.2) is 29.1 Å². The summed E-state index contributed by atoms with van der Waals surface area (Å²) >= 11 is 0. The molecule has 112 valence electrons. The number of ether oxygens (including phenoxy) is 1. The van der Waals surface area contributed by atoms with Gasteiger partial charge in [-0.3, -0.25) is 4.79 Å². The van der Waals surface area contributed by atoms with Crippen molar-refractivity contribution < 1.29 is 13.9 Å². The van der Waals surface area contributed by atoms with Gasteiger partial charge in [0.05, 0.1) is 25.0 Å². The predicted octanol–water partition coefficient (Wildman–Crippen LogP) is 1.70. The number of hydrogen-bond acceptors (Lipinski definition) is 4. The number of furan rings is 1. The second-order valence-corrected chi connectivity index (χ2v) is 5.39. The van der Waals surface area contributed by atoms with Crippen LogP contribution in [-0.4, -0.2) is 40.6 Å². The third kappa shape index (κ3) is 2.71. The summed E-state index contributed by atoms with van der Waals surface area (Å²) < 4.78 is 12.6. The van der Waals surface area contributed by atoms with Crippen molar-refractivity contribution in [1.82, 2.24) is 14.5 Å². The van der Waals surface area contributed by atoms with Gasteiger partial charge < -0.3 is 18.6 Å². The number of methoxy groups -OCH3 is 1. The van der Waals surface area contributed by atoms with Gasteiger partial charge in [-0.1, -0.05) is 0 Å². The van der Waals surface area contributed by atoms with E-state index in [4.69, 9.17) is 9.15 Å². The molecule has 21 heavy (non-hydrogen) atoms. The zero-order valence-electron chi connectivity index (χ0n) is 12.3. The van der Waals surface area contributed by atoms with Gasteiger partial charge in [-0.15, -0.1) is 0 Å². The maximum Gasteiger partial charge on any atom is 0.257 e. The smallest absolute Gasteiger partial charge is 0.257 e. The molecule has 0 fully saturated rings. The molecule has 0 bridgehead atoms. The minimum atomic E-state index is -0.0150. The first kappa shape index (κ1) is 13.9. The molecule has 0 saturated heterocycles. The molecular formula is C15H19N3O3. The Hall–Kier alpha value is -2.08. The predicted molar refractivity (Wildman–Crippen MR) is 75.8 cm³/mol. The van der Waals surface area contributed by atoms with Crippen LogP contribution in [0.4, 0.5) is 0 Å². The van der Waals surface area contributed by atoms with Crippen LogP contribution in [0.25, 0.3) is 0 Å². The highest BCUT2D eigenvalue weighted by atomic mass is 16.5. The molecule has 6 nitrogen and oxygen atoms in total. The topological polar surface area (TPSA) is 60.5 Å². The molecule has 0 aromatic carbocycles. The van der Waals surface area contributed by atoms with E-state index in [1.807, 2.05) is 11.1 Å². The van der Waals surface area contributed by atoms with Gasteiger partial charge >= 0.3 is 0 Å². The Morgan fingerprint density at radius 2 is 2.38 bits per heavy atom. The lowest BCUT2D eigenvalue weighted by molar-refractivity contribution is 0.0664. The molecule has 0 unspecified atom stereocenters. The number of aryl methyl sites for hydroxylation is 1. The van der Waals surface area contributed by atoms with E-state index in [2.05, 4.69) is 9.55 Å². The Morgan fingerprint density at radius 3 is 3.10 bits per heavy atom. The number of aromatic nitrogens is 2. The van der Waals surface area contributed by atoms with E-state index in [-0.39, 0.29) is 11.8 Å². The lowest BCUT2D eigenvalue weighted by Gasteiger charge is -2.23. The minimum absolute atomic E-state index is 0.0150. The Labute approximate surface area is 123 Å². The van der Waals surface area contributed by atoms with Gasteiger partial charge in [0.15, 0.2) is 0 Å². The molecule has 1 aliphatic rings. The fraction of sp³-hybridized carbons (Fsp3) is 0.467. The average molecular weight is 289 g/mol. The van der Waals surface area contributed by atoms with Crippen molar-refractivity contribution in [3.05, 3.63) is 41.9 Å². The summed E-state index contributed by atoms with van der Waals surface area (Å²) in [7, 11) is 1.69. The van der Waals surface area contributed by atoms with Gasteiger partial charge in [0.2, 0.25) is 0 Å². The van der Waals surface area contributed by atoms with E-state index in [9.17, 15) is 4.79 Å². The van der Waals surface area contributed by atoms with Gasteiger partial charge in [-0.2, -0.15) is 0 Å². The number of carbonyl (C=O) groups excluding carboxylic acids is 1. The molecule has 2 aromatic rings. The first-order valence-corrected chi connectivity index (χ1v) is 7.01. The van der Waals surface area contributed by atoms with Crippen LogP contribution in [0.3, 0.4) is 0 Å². The van der Waals surface area contributed by atoms with Crippen LogP contribution in [0.1, 0.15) is 21.9 Å². The molecular weight excluding hydrogens is 270 g/mol. The van der Waals surface area contributed by atoms with E-state index in [0.29, 0.717) is 31.0 Å². The zero-order valence-corrected chi connectivity index (χ0v) is 12.3. The Morgan fingerprint density at radius 1 is 1.52 bits per heavy atom. The third-order valence-electron chi connectivity index (χ3n) is 3.85. The quantitative estimate of drug-likeness (QED) is 0.863. The number of rotatable bonds is 3. The lowest BCUT2D eigenvalue weighted by atomic mass is 10.1. The van der Waals surface area contributed by atoms with E-state index >= 15 is 0 Å². The van der Waals surface area contributed by atoms with Crippen LogP contribution in [0, 0.1) is 12.8 Å². The Bertz CT molecular complexity index is 632. The standard InChI is InChI=1S/C15H19N3O3/c1-11-13(3-6-21-11)15(19)18-8-12(10-20-2)7-17-5-4-16-14(17)9-18/h3-6,12H,7-10H2,1-2H3/t12-/m1/s1. The number of fused-ring (bicyclic) bond motifs is 1. The molecule has 1 atom stereocenters.